The van der Waals surface area contributed by atoms with Gasteiger partial charge >= 0.3 is 0 Å². The molecule has 0 N–H and O–H groups in total. The number of aryl methyl sites for hydroxylation is 1. The van der Waals surface area contributed by atoms with Crippen molar-refractivity contribution in [1.82, 2.24) is 0 Å². The van der Waals surface area contributed by atoms with E-state index in [4.69, 9.17) is 11.6 Å². The molecular weight excluding hydrogens is 208 g/mol. The fourth-order valence-electron chi connectivity index (χ4n) is 1.94. The van der Waals surface area contributed by atoms with Crippen molar-refractivity contribution in [1.29, 1.82) is 0 Å². The minimum atomic E-state index is -0.200. The highest BCUT2D eigenvalue weighted by atomic mass is 35.5. The zero-order valence-electron chi connectivity index (χ0n) is 8.92. The number of aldehydes is 1. The molecule has 15 heavy (non-hydrogen) atoms. The third kappa shape index (κ3) is 1.93. The van der Waals surface area contributed by atoms with E-state index in [9.17, 15) is 4.79 Å². The molecule has 2 rings (SSSR count). The van der Waals surface area contributed by atoms with Gasteiger partial charge in [-0.05, 0) is 36.5 Å². The van der Waals surface area contributed by atoms with Crippen molar-refractivity contribution in [2.24, 2.45) is 0 Å². The van der Waals surface area contributed by atoms with Crippen LogP contribution < -0.4 is 0 Å². The first-order valence-corrected chi connectivity index (χ1v) is 5.85. The Bertz CT molecular complexity index is 380. The fraction of sp³-hybridized carbons (Fsp3) is 0.462. The van der Waals surface area contributed by atoms with Gasteiger partial charge in [-0.3, -0.25) is 0 Å². The van der Waals surface area contributed by atoms with Crippen molar-refractivity contribution in [3.63, 3.8) is 0 Å². The standard InChI is InChI=1S/C13H15ClO/c1-2-3-10-4-5-11(8-12(10)14)13(9-15)6-7-13/h4-5,8-9H,2-3,6-7H2,1H3. The van der Waals surface area contributed by atoms with Gasteiger partial charge in [0.05, 0.1) is 5.41 Å². The second-order valence-electron chi connectivity index (χ2n) is 4.33. The SMILES string of the molecule is CCCc1ccc(C2(C=O)CC2)cc1Cl. The van der Waals surface area contributed by atoms with Gasteiger partial charge < -0.3 is 4.79 Å². The molecule has 0 bridgehead atoms. The molecule has 1 aliphatic carbocycles. The summed E-state index contributed by atoms with van der Waals surface area (Å²) in [5, 5.41) is 0.808. The summed E-state index contributed by atoms with van der Waals surface area (Å²) in [6.45, 7) is 2.14. The summed E-state index contributed by atoms with van der Waals surface area (Å²) in [5.41, 5.74) is 2.07. The molecule has 1 nitrogen and oxygen atoms in total. The number of rotatable bonds is 4. The molecule has 1 aromatic carbocycles. The first kappa shape index (κ1) is 10.7. The molecule has 0 unspecified atom stereocenters. The lowest BCUT2D eigenvalue weighted by Gasteiger charge is -2.10. The normalized spacial score (nSPS) is 17.5. The van der Waals surface area contributed by atoms with E-state index in [-0.39, 0.29) is 5.41 Å². The van der Waals surface area contributed by atoms with Crippen molar-refractivity contribution in [2.45, 2.75) is 38.0 Å². The van der Waals surface area contributed by atoms with E-state index in [0.29, 0.717) is 0 Å². The zero-order valence-corrected chi connectivity index (χ0v) is 9.68. The molecule has 0 spiro atoms. The van der Waals surface area contributed by atoms with Crippen LogP contribution in [0, 0.1) is 0 Å². The molecule has 80 valence electrons. The molecule has 1 saturated carbocycles. The Balaban J connectivity index is 2.29. The van der Waals surface area contributed by atoms with Gasteiger partial charge in [-0.1, -0.05) is 37.1 Å². The van der Waals surface area contributed by atoms with E-state index < -0.39 is 0 Å². The van der Waals surface area contributed by atoms with E-state index in [1.165, 1.54) is 5.56 Å². The van der Waals surface area contributed by atoms with Crippen LogP contribution in [0.25, 0.3) is 0 Å². The van der Waals surface area contributed by atoms with E-state index in [2.05, 4.69) is 19.1 Å². The first-order chi connectivity index (χ1) is 7.22. The summed E-state index contributed by atoms with van der Waals surface area (Å²) >= 11 is 6.18. The maximum absolute atomic E-state index is 11.0. The molecule has 0 aromatic heterocycles. The Hall–Kier alpha value is -0.820. The Morgan fingerprint density at radius 3 is 2.67 bits per heavy atom. The van der Waals surface area contributed by atoms with Crippen LogP contribution in [-0.4, -0.2) is 6.29 Å². The quantitative estimate of drug-likeness (QED) is 0.713. The molecule has 2 heteroatoms. The van der Waals surface area contributed by atoms with Gasteiger partial charge in [0.2, 0.25) is 0 Å². The van der Waals surface area contributed by atoms with Crippen molar-refractivity contribution in [3.8, 4) is 0 Å². The number of carbonyl (C=O) groups excluding carboxylic acids is 1. The lowest BCUT2D eigenvalue weighted by atomic mass is 9.96. The number of halogens is 1. The van der Waals surface area contributed by atoms with Crippen LogP contribution in [0.15, 0.2) is 18.2 Å². The summed E-state index contributed by atoms with van der Waals surface area (Å²) in [6.07, 6.45) is 5.11. The average molecular weight is 223 g/mol. The third-order valence-corrected chi connectivity index (χ3v) is 3.51. The summed E-state index contributed by atoms with van der Waals surface area (Å²) < 4.78 is 0. The highest BCUT2D eigenvalue weighted by Gasteiger charge is 2.44. The number of benzene rings is 1. The van der Waals surface area contributed by atoms with E-state index in [0.717, 1.165) is 42.6 Å². The minimum Gasteiger partial charge on any atom is -0.302 e. The topological polar surface area (TPSA) is 17.1 Å². The van der Waals surface area contributed by atoms with Crippen LogP contribution in [-0.2, 0) is 16.6 Å². The van der Waals surface area contributed by atoms with Crippen molar-refractivity contribution < 1.29 is 4.79 Å². The van der Waals surface area contributed by atoms with E-state index in [1.54, 1.807) is 0 Å². The zero-order chi connectivity index (χ0) is 10.9. The van der Waals surface area contributed by atoms with Gasteiger partial charge in [0.15, 0.2) is 0 Å². The van der Waals surface area contributed by atoms with Gasteiger partial charge in [0.1, 0.15) is 6.29 Å². The van der Waals surface area contributed by atoms with E-state index in [1.807, 2.05) is 6.07 Å². The predicted octanol–water partition coefficient (Wildman–Crippen LogP) is 3.52. The van der Waals surface area contributed by atoms with Crippen molar-refractivity contribution in [3.05, 3.63) is 34.3 Å². The predicted molar refractivity (Wildman–Crippen MR) is 62.4 cm³/mol. The van der Waals surface area contributed by atoms with Crippen LogP contribution >= 0.6 is 11.6 Å². The van der Waals surface area contributed by atoms with Gasteiger partial charge in [-0.2, -0.15) is 0 Å². The summed E-state index contributed by atoms with van der Waals surface area (Å²) in [4.78, 5) is 11.0. The fourth-order valence-corrected chi connectivity index (χ4v) is 2.21. The smallest absolute Gasteiger partial charge is 0.130 e. The maximum Gasteiger partial charge on any atom is 0.130 e. The second kappa shape index (κ2) is 3.97. The van der Waals surface area contributed by atoms with Gasteiger partial charge in [0, 0.05) is 5.02 Å². The molecule has 0 aliphatic heterocycles. The molecule has 1 aliphatic rings. The summed E-state index contributed by atoms with van der Waals surface area (Å²) in [7, 11) is 0. The van der Waals surface area contributed by atoms with E-state index >= 15 is 0 Å². The maximum atomic E-state index is 11.0. The Labute approximate surface area is 95.4 Å². The number of carbonyl (C=O) groups is 1. The largest absolute Gasteiger partial charge is 0.302 e. The van der Waals surface area contributed by atoms with Crippen LogP contribution in [0.2, 0.25) is 5.02 Å². The second-order valence-corrected chi connectivity index (χ2v) is 4.74. The molecule has 0 saturated heterocycles. The molecule has 0 amide bonds. The van der Waals surface area contributed by atoms with Crippen LogP contribution in [0.3, 0.4) is 0 Å². The lowest BCUT2D eigenvalue weighted by molar-refractivity contribution is -0.109. The average Bonchev–Trinajstić information content (AvgIpc) is 3.02. The number of hydrogen-bond acceptors (Lipinski definition) is 1. The number of hydrogen-bond donors (Lipinski definition) is 0. The minimum absolute atomic E-state index is 0.200. The molecule has 0 atom stereocenters. The Morgan fingerprint density at radius 1 is 1.47 bits per heavy atom. The summed E-state index contributed by atoms with van der Waals surface area (Å²) in [5.74, 6) is 0. The Morgan fingerprint density at radius 2 is 2.20 bits per heavy atom. The van der Waals surface area contributed by atoms with Gasteiger partial charge in [-0.15, -0.1) is 0 Å². The molecule has 1 aromatic rings. The highest BCUT2D eigenvalue weighted by molar-refractivity contribution is 6.31. The third-order valence-electron chi connectivity index (χ3n) is 3.16. The van der Waals surface area contributed by atoms with Gasteiger partial charge in [0.25, 0.3) is 0 Å². The van der Waals surface area contributed by atoms with Gasteiger partial charge in [-0.25, -0.2) is 0 Å². The van der Waals surface area contributed by atoms with Crippen LogP contribution in [0.4, 0.5) is 0 Å². The lowest BCUT2D eigenvalue weighted by Crippen LogP contribution is -2.07. The molecule has 0 radical (unpaired) electrons. The monoisotopic (exact) mass is 222 g/mol. The highest BCUT2D eigenvalue weighted by Crippen LogP contribution is 2.46. The van der Waals surface area contributed by atoms with Crippen LogP contribution in [0.5, 0.6) is 0 Å². The van der Waals surface area contributed by atoms with Crippen molar-refractivity contribution in [2.75, 3.05) is 0 Å². The molecule has 0 heterocycles. The first-order valence-electron chi connectivity index (χ1n) is 5.47. The van der Waals surface area contributed by atoms with Crippen LogP contribution in [0.1, 0.15) is 37.3 Å². The molecular formula is C13H15ClO. The van der Waals surface area contributed by atoms with Crippen molar-refractivity contribution >= 4 is 17.9 Å². The molecule has 1 fully saturated rings. The Kier molecular flexibility index (Phi) is 2.83. The summed E-state index contributed by atoms with van der Waals surface area (Å²) in [6, 6.07) is 6.08.